The van der Waals surface area contributed by atoms with Gasteiger partial charge in [-0.3, -0.25) is 0 Å². The average molecular weight is 183 g/mol. The van der Waals surface area contributed by atoms with Crippen molar-refractivity contribution in [3.05, 3.63) is 0 Å². The number of hydrogen-bond acceptors (Lipinski definition) is 1. The van der Waals surface area contributed by atoms with Gasteiger partial charge >= 0.3 is 0 Å². The second kappa shape index (κ2) is 3.27. The van der Waals surface area contributed by atoms with E-state index in [0.717, 1.165) is 5.92 Å². The van der Waals surface area contributed by atoms with Crippen LogP contribution in [0.1, 0.15) is 47.5 Å². The van der Waals surface area contributed by atoms with Gasteiger partial charge in [-0.25, -0.2) is 0 Å². The van der Waals surface area contributed by atoms with Crippen LogP contribution in [0.15, 0.2) is 0 Å². The Morgan fingerprint density at radius 2 is 1.77 bits per heavy atom. The molecule has 0 amide bonds. The molecule has 0 spiro atoms. The van der Waals surface area contributed by atoms with E-state index in [4.69, 9.17) is 0 Å². The molecule has 13 heavy (non-hydrogen) atoms. The highest BCUT2D eigenvalue weighted by Gasteiger charge is 2.41. The molecule has 0 N–H and O–H groups in total. The lowest BCUT2D eigenvalue weighted by Crippen LogP contribution is -2.54. The van der Waals surface area contributed by atoms with E-state index in [0.29, 0.717) is 11.0 Å². The highest BCUT2D eigenvalue weighted by molar-refractivity contribution is 4.95. The Hall–Kier alpha value is -0.0400. The minimum atomic E-state index is 0.399. The fraction of sp³-hybridized carbons (Fsp3) is 1.00. The first-order valence-electron chi connectivity index (χ1n) is 5.51. The van der Waals surface area contributed by atoms with Crippen molar-refractivity contribution in [3.8, 4) is 0 Å². The Balaban J connectivity index is 2.79. The van der Waals surface area contributed by atoms with Gasteiger partial charge in [0.15, 0.2) is 0 Å². The molecule has 0 aliphatic carbocycles. The van der Waals surface area contributed by atoms with E-state index in [1.54, 1.807) is 0 Å². The second-order valence-electron chi connectivity index (χ2n) is 5.97. The second-order valence-corrected chi connectivity index (χ2v) is 5.97. The lowest BCUT2D eigenvalue weighted by atomic mass is 9.67. The van der Waals surface area contributed by atoms with Crippen LogP contribution >= 0.6 is 0 Å². The molecular formula is C12H25N. The molecule has 1 nitrogen and oxygen atoms in total. The predicted molar refractivity (Wildman–Crippen MR) is 58.9 cm³/mol. The molecule has 1 aliphatic rings. The third-order valence-electron chi connectivity index (χ3n) is 4.02. The molecule has 1 unspecified atom stereocenters. The molecule has 1 rings (SSSR count). The summed E-state index contributed by atoms with van der Waals surface area (Å²) >= 11 is 0. The van der Waals surface area contributed by atoms with Crippen molar-refractivity contribution in [2.45, 2.75) is 53.0 Å². The van der Waals surface area contributed by atoms with E-state index in [2.05, 4.69) is 46.6 Å². The van der Waals surface area contributed by atoms with Crippen molar-refractivity contribution in [3.63, 3.8) is 0 Å². The van der Waals surface area contributed by atoms with Crippen LogP contribution in [0.5, 0.6) is 0 Å². The molecule has 0 aromatic carbocycles. The fourth-order valence-corrected chi connectivity index (χ4v) is 2.69. The summed E-state index contributed by atoms with van der Waals surface area (Å²) in [4.78, 5) is 2.51. The van der Waals surface area contributed by atoms with Gasteiger partial charge in [0.1, 0.15) is 0 Å². The minimum absolute atomic E-state index is 0.399. The van der Waals surface area contributed by atoms with Crippen LogP contribution in [0.3, 0.4) is 0 Å². The summed E-state index contributed by atoms with van der Waals surface area (Å²) in [5.41, 5.74) is 0.898. The normalized spacial score (nSPS) is 33.2. The molecule has 0 aromatic rings. The number of hydrogen-bond donors (Lipinski definition) is 0. The van der Waals surface area contributed by atoms with Crippen LogP contribution in [-0.4, -0.2) is 24.0 Å². The highest BCUT2D eigenvalue weighted by atomic mass is 15.2. The summed E-state index contributed by atoms with van der Waals surface area (Å²) in [6, 6.07) is 0. The molecule has 0 aromatic heterocycles. The van der Waals surface area contributed by atoms with Crippen LogP contribution in [0, 0.1) is 11.3 Å². The molecule has 0 saturated carbocycles. The van der Waals surface area contributed by atoms with Gasteiger partial charge in [0, 0.05) is 12.1 Å². The fourth-order valence-electron chi connectivity index (χ4n) is 2.69. The zero-order valence-corrected chi connectivity index (χ0v) is 10.1. The molecule has 0 radical (unpaired) electrons. The van der Waals surface area contributed by atoms with E-state index in [9.17, 15) is 0 Å². The van der Waals surface area contributed by atoms with Crippen molar-refractivity contribution in [2.75, 3.05) is 13.6 Å². The maximum atomic E-state index is 2.51. The molecular weight excluding hydrogens is 158 g/mol. The van der Waals surface area contributed by atoms with Gasteiger partial charge in [0.2, 0.25) is 0 Å². The van der Waals surface area contributed by atoms with Gasteiger partial charge < -0.3 is 4.90 Å². The van der Waals surface area contributed by atoms with E-state index in [1.165, 1.54) is 19.4 Å². The highest BCUT2D eigenvalue weighted by Crippen LogP contribution is 2.42. The van der Waals surface area contributed by atoms with Crippen molar-refractivity contribution in [2.24, 2.45) is 11.3 Å². The summed E-state index contributed by atoms with van der Waals surface area (Å²) in [5, 5.41) is 0. The van der Waals surface area contributed by atoms with E-state index in [1.807, 2.05) is 0 Å². The third kappa shape index (κ3) is 2.07. The summed E-state index contributed by atoms with van der Waals surface area (Å²) < 4.78 is 0. The van der Waals surface area contributed by atoms with Crippen molar-refractivity contribution in [1.82, 2.24) is 4.90 Å². The number of nitrogens with zero attached hydrogens (tertiary/aromatic N) is 1. The summed E-state index contributed by atoms with van der Waals surface area (Å²) in [5.74, 6) is 0.888. The van der Waals surface area contributed by atoms with Gasteiger partial charge in [-0.05, 0) is 38.6 Å². The van der Waals surface area contributed by atoms with Crippen LogP contribution in [-0.2, 0) is 0 Å². The lowest BCUT2D eigenvalue weighted by Gasteiger charge is -2.52. The molecule has 1 atom stereocenters. The number of likely N-dealkylation sites (tertiary alicyclic amines) is 1. The lowest BCUT2D eigenvalue weighted by molar-refractivity contribution is -0.0178. The summed E-state index contributed by atoms with van der Waals surface area (Å²) in [7, 11) is 2.26. The SMILES string of the molecule is CCC1CC(C)(C)N(C)CC1(C)C. The van der Waals surface area contributed by atoms with Crippen LogP contribution in [0.4, 0.5) is 0 Å². The Bertz CT molecular complexity index is 182. The summed E-state index contributed by atoms with van der Waals surface area (Å²) in [6.45, 7) is 13.1. The van der Waals surface area contributed by atoms with Crippen molar-refractivity contribution >= 4 is 0 Å². The molecule has 1 fully saturated rings. The maximum absolute atomic E-state index is 2.51. The average Bonchev–Trinajstić information content (AvgIpc) is 1.97. The van der Waals surface area contributed by atoms with Gasteiger partial charge in [0.05, 0.1) is 0 Å². The van der Waals surface area contributed by atoms with Crippen molar-refractivity contribution in [1.29, 1.82) is 0 Å². The molecule has 1 heterocycles. The minimum Gasteiger partial charge on any atom is -0.301 e. The molecule has 78 valence electrons. The summed E-state index contributed by atoms with van der Waals surface area (Å²) in [6.07, 6.45) is 2.66. The number of rotatable bonds is 1. The Labute approximate surface area is 83.5 Å². The number of piperidine rings is 1. The van der Waals surface area contributed by atoms with E-state index < -0.39 is 0 Å². The van der Waals surface area contributed by atoms with E-state index in [-0.39, 0.29) is 0 Å². The first-order chi connectivity index (χ1) is 5.79. The third-order valence-corrected chi connectivity index (χ3v) is 4.02. The van der Waals surface area contributed by atoms with Gasteiger partial charge in [-0.15, -0.1) is 0 Å². The van der Waals surface area contributed by atoms with Crippen LogP contribution < -0.4 is 0 Å². The zero-order valence-electron chi connectivity index (χ0n) is 10.1. The largest absolute Gasteiger partial charge is 0.301 e. The van der Waals surface area contributed by atoms with E-state index >= 15 is 0 Å². The maximum Gasteiger partial charge on any atom is 0.0153 e. The molecule has 1 aliphatic heterocycles. The van der Waals surface area contributed by atoms with Gasteiger partial charge in [0.25, 0.3) is 0 Å². The topological polar surface area (TPSA) is 3.24 Å². The van der Waals surface area contributed by atoms with Gasteiger partial charge in [-0.2, -0.15) is 0 Å². The Morgan fingerprint density at radius 3 is 2.23 bits per heavy atom. The Morgan fingerprint density at radius 1 is 1.23 bits per heavy atom. The predicted octanol–water partition coefficient (Wildman–Crippen LogP) is 3.15. The Kier molecular flexibility index (Phi) is 2.78. The quantitative estimate of drug-likeness (QED) is 0.603. The molecule has 1 heteroatoms. The smallest absolute Gasteiger partial charge is 0.0153 e. The first kappa shape index (κ1) is 11.0. The van der Waals surface area contributed by atoms with Gasteiger partial charge in [-0.1, -0.05) is 27.2 Å². The zero-order chi connectivity index (χ0) is 10.3. The monoisotopic (exact) mass is 183 g/mol. The van der Waals surface area contributed by atoms with Crippen molar-refractivity contribution < 1.29 is 0 Å². The standard InChI is InChI=1S/C12H25N/c1-7-10-8-12(4,5)13(6)9-11(10,2)3/h10H,7-9H2,1-6H3. The molecule has 0 bridgehead atoms. The first-order valence-corrected chi connectivity index (χ1v) is 5.51. The van der Waals surface area contributed by atoms with Crippen LogP contribution in [0.25, 0.3) is 0 Å². The van der Waals surface area contributed by atoms with Crippen LogP contribution in [0.2, 0.25) is 0 Å². The molecule has 1 saturated heterocycles.